The summed E-state index contributed by atoms with van der Waals surface area (Å²) in [6, 6.07) is 16.0. The van der Waals surface area contributed by atoms with Gasteiger partial charge in [0.1, 0.15) is 5.82 Å². The molecule has 26 heavy (non-hydrogen) atoms. The van der Waals surface area contributed by atoms with Crippen molar-refractivity contribution in [2.75, 3.05) is 6.54 Å². The molecule has 0 aliphatic carbocycles. The van der Waals surface area contributed by atoms with Gasteiger partial charge < -0.3 is 5.32 Å². The molecule has 0 unspecified atom stereocenters. The minimum atomic E-state index is -4.31. The van der Waals surface area contributed by atoms with E-state index < -0.39 is 11.7 Å². The van der Waals surface area contributed by atoms with Gasteiger partial charge in [0.25, 0.3) is 0 Å². The van der Waals surface area contributed by atoms with Crippen LogP contribution in [0.15, 0.2) is 60.7 Å². The summed E-state index contributed by atoms with van der Waals surface area (Å²) >= 11 is 0. The number of hydrogen-bond donors (Lipinski definition) is 1. The fraction of sp³-hybridized carbons (Fsp3) is 0.238. The molecule has 3 rings (SSSR count). The zero-order valence-electron chi connectivity index (χ0n) is 14.1. The van der Waals surface area contributed by atoms with Crippen LogP contribution in [0, 0.1) is 5.82 Å². The summed E-state index contributed by atoms with van der Waals surface area (Å²) in [6.07, 6.45) is -3.01. The van der Waals surface area contributed by atoms with Gasteiger partial charge in [-0.3, -0.25) is 0 Å². The maximum absolute atomic E-state index is 13.8. The SMILES string of the molecule is Fc1ccc(CNCCCc2cccc(C(F)(F)F)c2)c2ccccc12. The van der Waals surface area contributed by atoms with Crippen molar-refractivity contribution in [3.8, 4) is 0 Å². The fourth-order valence-corrected chi connectivity index (χ4v) is 3.02. The highest BCUT2D eigenvalue weighted by Crippen LogP contribution is 2.29. The lowest BCUT2D eigenvalue weighted by molar-refractivity contribution is -0.137. The standard InChI is InChI=1S/C21H19F4N/c22-20-11-10-16(18-8-1-2-9-19(18)20)14-26-12-4-6-15-5-3-7-17(13-15)21(23,24)25/h1-3,5,7-11,13,26H,4,6,12,14H2. The summed E-state index contributed by atoms with van der Waals surface area (Å²) in [4.78, 5) is 0. The van der Waals surface area contributed by atoms with Crippen LogP contribution in [-0.2, 0) is 19.1 Å². The van der Waals surface area contributed by atoms with Crippen LogP contribution in [0.5, 0.6) is 0 Å². The molecule has 1 N–H and O–H groups in total. The average molecular weight is 361 g/mol. The highest BCUT2D eigenvalue weighted by atomic mass is 19.4. The number of halogens is 4. The van der Waals surface area contributed by atoms with Crippen LogP contribution in [0.4, 0.5) is 17.6 Å². The molecule has 3 aromatic rings. The van der Waals surface area contributed by atoms with Gasteiger partial charge in [-0.05, 0) is 48.0 Å². The third kappa shape index (κ3) is 4.41. The first kappa shape index (κ1) is 18.4. The zero-order valence-corrected chi connectivity index (χ0v) is 14.1. The van der Waals surface area contributed by atoms with E-state index in [0.29, 0.717) is 30.5 Å². The molecular formula is C21H19F4N. The third-order valence-corrected chi connectivity index (χ3v) is 4.35. The molecule has 0 bridgehead atoms. The maximum atomic E-state index is 13.8. The minimum absolute atomic E-state index is 0.242. The van der Waals surface area contributed by atoms with E-state index in [-0.39, 0.29) is 5.82 Å². The summed E-state index contributed by atoms with van der Waals surface area (Å²) in [5.74, 6) is -0.242. The molecule has 0 saturated heterocycles. The molecule has 0 aliphatic rings. The maximum Gasteiger partial charge on any atom is 0.416 e. The van der Waals surface area contributed by atoms with Gasteiger partial charge in [0.2, 0.25) is 0 Å². The Hall–Kier alpha value is -2.40. The summed E-state index contributed by atoms with van der Waals surface area (Å²) in [6.45, 7) is 1.26. The van der Waals surface area contributed by atoms with Crippen LogP contribution in [0.25, 0.3) is 10.8 Å². The van der Waals surface area contributed by atoms with E-state index in [1.54, 1.807) is 24.3 Å². The number of alkyl halides is 3. The molecule has 3 aromatic carbocycles. The Kier molecular flexibility index (Phi) is 5.57. The smallest absolute Gasteiger partial charge is 0.313 e. The van der Waals surface area contributed by atoms with E-state index in [1.165, 1.54) is 18.2 Å². The van der Waals surface area contributed by atoms with E-state index >= 15 is 0 Å². The lowest BCUT2D eigenvalue weighted by Gasteiger charge is -2.10. The third-order valence-electron chi connectivity index (χ3n) is 4.35. The predicted octanol–water partition coefficient (Wildman–Crippen LogP) is 5.72. The Labute approximate surface area is 149 Å². The highest BCUT2D eigenvalue weighted by molar-refractivity contribution is 5.86. The first-order valence-electron chi connectivity index (χ1n) is 8.48. The van der Waals surface area contributed by atoms with Gasteiger partial charge in [-0.1, -0.05) is 48.5 Å². The van der Waals surface area contributed by atoms with Crippen molar-refractivity contribution in [3.63, 3.8) is 0 Å². The lowest BCUT2D eigenvalue weighted by atomic mass is 10.0. The second-order valence-electron chi connectivity index (χ2n) is 6.23. The molecule has 0 amide bonds. The van der Waals surface area contributed by atoms with Crippen molar-refractivity contribution in [3.05, 3.63) is 83.2 Å². The van der Waals surface area contributed by atoms with Crippen LogP contribution in [0.3, 0.4) is 0 Å². The van der Waals surface area contributed by atoms with Crippen LogP contribution in [0.2, 0.25) is 0 Å². The number of hydrogen-bond acceptors (Lipinski definition) is 1. The molecule has 0 aliphatic heterocycles. The Bertz CT molecular complexity index is 887. The molecule has 0 fully saturated rings. The van der Waals surface area contributed by atoms with Gasteiger partial charge >= 0.3 is 6.18 Å². The number of benzene rings is 3. The van der Waals surface area contributed by atoms with Crippen molar-refractivity contribution in [2.45, 2.75) is 25.6 Å². The monoisotopic (exact) mass is 361 g/mol. The molecule has 1 nitrogen and oxygen atoms in total. The molecule has 136 valence electrons. The molecule has 0 heterocycles. The van der Waals surface area contributed by atoms with Gasteiger partial charge in [-0.15, -0.1) is 0 Å². The molecule has 0 spiro atoms. The highest BCUT2D eigenvalue weighted by Gasteiger charge is 2.30. The Balaban J connectivity index is 1.53. The number of fused-ring (bicyclic) bond motifs is 1. The van der Waals surface area contributed by atoms with Crippen LogP contribution >= 0.6 is 0 Å². The van der Waals surface area contributed by atoms with E-state index in [1.807, 2.05) is 12.1 Å². The van der Waals surface area contributed by atoms with Gasteiger partial charge in [0.15, 0.2) is 0 Å². The van der Waals surface area contributed by atoms with E-state index in [0.717, 1.165) is 23.4 Å². The van der Waals surface area contributed by atoms with Gasteiger partial charge in [-0.25, -0.2) is 4.39 Å². The van der Waals surface area contributed by atoms with E-state index in [4.69, 9.17) is 0 Å². The quantitative estimate of drug-likeness (QED) is 0.437. The molecular weight excluding hydrogens is 342 g/mol. The molecule has 5 heteroatoms. The van der Waals surface area contributed by atoms with E-state index in [2.05, 4.69) is 5.32 Å². The number of nitrogens with one attached hydrogen (secondary N) is 1. The predicted molar refractivity (Wildman–Crippen MR) is 95.4 cm³/mol. The second-order valence-corrected chi connectivity index (χ2v) is 6.23. The lowest BCUT2D eigenvalue weighted by Crippen LogP contribution is -2.15. The normalized spacial score (nSPS) is 11.8. The number of aryl methyl sites for hydroxylation is 1. The Morgan fingerprint density at radius 3 is 2.38 bits per heavy atom. The summed E-state index contributed by atoms with van der Waals surface area (Å²) < 4.78 is 52.0. The van der Waals surface area contributed by atoms with Crippen molar-refractivity contribution in [2.24, 2.45) is 0 Å². The molecule has 0 aromatic heterocycles. The molecule has 0 atom stereocenters. The van der Waals surface area contributed by atoms with Crippen molar-refractivity contribution < 1.29 is 17.6 Å². The first-order chi connectivity index (χ1) is 12.4. The van der Waals surface area contributed by atoms with E-state index in [9.17, 15) is 17.6 Å². The summed E-state index contributed by atoms with van der Waals surface area (Å²) in [5.41, 5.74) is 1.07. The van der Waals surface area contributed by atoms with Crippen LogP contribution < -0.4 is 5.32 Å². The topological polar surface area (TPSA) is 12.0 Å². The fourth-order valence-electron chi connectivity index (χ4n) is 3.02. The van der Waals surface area contributed by atoms with Crippen molar-refractivity contribution in [1.29, 1.82) is 0 Å². The Morgan fingerprint density at radius 2 is 1.62 bits per heavy atom. The van der Waals surface area contributed by atoms with Crippen molar-refractivity contribution >= 4 is 10.8 Å². The van der Waals surface area contributed by atoms with Gasteiger partial charge in [0, 0.05) is 11.9 Å². The van der Waals surface area contributed by atoms with Gasteiger partial charge in [-0.2, -0.15) is 13.2 Å². The zero-order chi connectivity index (χ0) is 18.6. The number of rotatable bonds is 6. The average Bonchev–Trinajstić information content (AvgIpc) is 2.63. The van der Waals surface area contributed by atoms with Crippen LogP contribution in [-0.4, -0.2) is 6.54 Å². The first-order valence-corrected chi connectivity index (χ1v) is 8.48. The molecule has 0 radical (unpaired) electrons. The van der Waals surface area contributed by atoms with Gasteiger partial charge in [0.05, 0.1) is 5.56 Å². The summed E-state index contributed by atoms with van der Waals surface area (Å²) in [7, 11) is 0. The second kappa shape index (κ2) is 7.87. The minimum Gasteiger partial charge on any atom is -0.313 e. The largest absolute Gasteiger partial charge is 0.416 e. The summed E-state index contributed by atoms with van der Waals surface area (Å²) in [5, 5.41) is 4.75. The van der Waals surface area contributed by atoms with Crippen LogP contribution in [0.1, 0.15) is 23.1 Å². The molecule has 0 saturated carbocycles. The Morgan fingerprint density at radius 1 is 0.846 bits per heavy atom. The van der Waals surface area contributed by atoms with Crippen molar-refractivity contribution in [1.82, 2.24) is 5.32 Å².